The number of halogens is 2. The van der Waals surface area contributed by atoms with E-state index in [1.165, 1.54) is 25.3 Å². The molecule has 2 atom stereocenters. The van der Waals surface area contributed by atoms with E-state index in [9.17, 15) is 14.0 Å². The number of carbonyl (C=O) groups excluding carboxylic acids is 2. The summed E-state index contributed by atoms with van der Waals surface area (Å²) in [5.74, 6) is -0.501. The highest BCUT2D eigenvalue weighted by Gasteiger charge is 2.32. The Balaban J connectivity index is 0.00000300. The first-order valence-corrected chi connectivity index (χ1v) is 9.27. The maximum atomic E-state index is 13.4. The summed E-state index contributed by atoms with van der Waals surface area (Å²) in [5.41, 5.74) is 6.89. The minimum Gasteiger partial charge on any atom is -0.495 e. The third kappa shape index (κ3) is 5.46. The Morgan fingerprint density at radius 2 is 1.97 bits per heavy atom. The van der Waals surface area contributed by atoms with Crippen LogP contribution in [0.15, 0.2) is 42.5 Å². The monoisotopic (exact) mass is 421 g/mol. The molecule has 0 unspecified atom stereocenters. The summed E-state index contributed by atoms with van der Waals surface area (Å²) in [6.07, 6.45) is 2.79. The molecule has 2 amide bonds. The second-order valence-electron chi connectivity index (χ2n) is 6.90. The molecular weight excluding hydrogens is 397 g/mol. The van der Waals surface area contributed by atoms with Crippen LogP contribution in [0.4, 0.5) is 15.8 Å². The van der Waals surface area contributed by atoms with E-state index in [2.05, 4.69) is 10.6 Å². The lowest BCUT2D eigenvalue weighted by Crippen LogP contribution is -2.29. The minimum atomic E-state index is -0.494. The lowest BCUT2D eigenvalue weighted by Gasteiger charge is -2.18. The van der Waals surface area contributed by atoms with Gasteiger partial charge in [0.15, 0.2) is 0 Å². The molecule has 2 aromatic rings. The van der Waals surface area contributed by atoms with E-state index < -0.39 is 11.7 Å². The Morgan fingerprint density at radius 1 is 1.17 bits per heavy atom. The fourth-order valence-electron chi connectivity index (χ4n) is 3.61. The van der Waals surface area contributed by atoms with Gasteiger partial charge in [0.25, 0.3) is 5.91 Å². The average Bonchev–Trinajstić information content (AvgIpc) is 3.17. The molecule has 8 heteroatoms. The molecule has 0 spiro atoms. The molecule has 3 rings (SSSR count). The summed E-state index contributed by atoms with van der Waals surface area (Å²) in [6, 6.07) is 10.4. The number of ether oxygens (including phenoxy) is 1. The van der Waals surface area contributed by atoms with E-state index in [1.54, 1.807) is 18.2 Å². The SMILES string of the molecule is COc1ccc(NC(=O)[C@@H]2CCC[C@@H]2CN)cc1NC(=O)c1cccc(F)c1.Cl. The van der Waals surface area contributed by atoms with Crippen LogP contribution in [0.2, 0.25) is 0 Å². The van der Waals surface area contributed by atoms with Crippen LogP contribution in [0.3, 0.4) is 0 Å². The van der Waals surface area contributed by atoms with E-state index in [0.29, 0.717) is 23.7 Å². The summed E-state index contributed by atoms with van der Waals surface area (Å²) in [7, 11) is 1.48. The molecular formula is C21H25ClFN3O3. The number of hydrogen-bond donors (Lipinski definition) is 3. The molecule has 0 heterocycles. The van der Waals surface area contributed by atoms with E-state index >= 15 is 0 Å². The van der Waals surface area contributed by atoms with E-state index in [1.807, 2.05) is 0 Å². The van der Waals surface area contributed by atoms with Gasteiger partial charge >= 0.3 is 0 Å². The summed E-state index contributed by atoms with van der Waals surface area (Å²) >= 11 is 0. The molecule has 1 fully saturated rings. The number of methoxy groups -OCH3 is 1. The van der Waals surface area contributed by atoms with Crippen LogP contribution in [0.25, 0.3) is 0 Å². The lowest BCUT2D eigenvalue weighted by atomic mass is 9.95. The van der Waals surface area contributed by atoms with Gasteiger partial charge in [0, 0.05) is 17.2 Å². The van der Waals surface area contributed by atoms with Gasteiger partial charge in [0.05, 0.1) is 12.8 Å². The number of benzene rings is 2. The number of rotatable bonds is 6. The predicted octanol–water partition coefficient (Wildman–Crippen LogP) is 3.82. The van der Waals surface area contributed by atoms with Crippen molar-refractivity contribution in [1.82, 2.24) is 0 Å². The molecule has 6 nitrogen and oxygen atoms in total. The molecule has 0 aliphatic heterocycles. The Kier molecular flexibility index (Phi) is 7.99. The first-order valence-electron chi connectivity index (χ1n) is 9.27. The van der Waals surface area contributed by atoms with Crippen LogP contribution < -0.4 is 21.1 Å². The summed E-state index contributed by atoms with van der Waals surface area (Å²) in [5, 5.41) is 5.61. The zero-order valence-electron chi connectivity index (χ0n) is 16.1. The number of hydrogen-bond acceptors (Lipinski definition) is 4. The van der Waals surface area contributed by atoms with Gasteiger partial charge in [-0.05, 0) is 61.7 Å². The van der Waals surface area contributed by atoms with Crippen molar-refractivity contribution in [1.29, 1.82) is 0 Å². The Bertz CT molecular complexity index is 878. The van der Waals surface area contributed by atoms with Crippen molar-refractivity contribution in [2.45, 2.75) is 19.3 Å². The van der Waals surface area contributed by atoms with Crippen molar-refractivity contribution in [2.75, 3.05) is 24.3 Å². The van der Waals surface area contributed by atoms with E-state index in [-0.39, 0.29) is 35.7 Å². The molecule has 0 saturated heterocycles. The van der Waals surface area contributed by atoms with Gasteiger partial charge < -0.3 is 21.1 Å². The van der Waals surface area contributed by atoms with E-state index in [0.717, 1.165) is 25.3 Å². The first kappa shape index (κ1) is 22.6. The van der Waals surface area contributed by atoms with Crippen molar-refractivity contribution in [3.63, 3.8) is 0 Å². The standard InChI is InChI=1S/C21H24FN3O3.ClH/c1-28-19-9-8-16(24-21(27)17-7-3-5-14(17)12-23)11-18(19)25-20(26)13-4-2-6-15(22)10-13;/h2,4,6,8-11,14,17H,3,5,7,12,23H2,1H3,(H,24,27)(H,25,26);1H/t14-,17-;/m1./s1. The highest BCUT2D eigenvalue weighted by Crippen LogP contribution is 2.33. The van der Waals surface area contributed by atoms with Gasteiger partial charge in [-0.3, -0.25) is 9.59 Å². The first-order chi connectivity index (χ1) is 13.5. The van der Waals surface area contributed by atoms with Crippen LogP contribution >= 0.6 is 12.4 Å². The largest absolute Gasteiger partial charge is 0.495 e. The topological polar surface area (TPSA) is 93.4 Å². The third-order valence-corrected chi connectivity index (χ3v) is 5.10. The third-order valence-electron chi connectivity index (χ3n) is 5.10. The van der Waals surface area contributed by atoms with Crippen LogP contribution in [0, 0.1) is 17.7 Å². The number of carbonyl (C=O) groups is 2. The summed E-state index contributed by atoms with van der Waals surface area (Å²) in [4.78, 5) is 25.0. The fraction of sp³-hybridized carbons (Fsp3) is 0.333. The van der Waals surface area contributed by atoms with Crippen molar-refractivity contribution in [2.24, 2.45) is 17.6 Å². The Morgan fingerprint density at radius 3 is 2.66 bits per heavy atom. The second kappa shape index (κ2) is 10.2. The highest BCUT2D eigenvalue weighted by molar-refractivity contribution is 6.05. The molecule has 1 saturated carbocycles. The van der Waals surface area contributed by atoms with Crippen molar-refractivity contribution >= 4 is 35.6 Å². The second-order valence-corrected chi connectivity index (χ2v) is 6.90. The smallest absolute Gasteiger partial charge is 0.255 e. The van der Waals surface area contributed by atoms with Gasteiger partial charge in [0.1, 0.15) is 11.6 Å². The van der Waals surface area contributed by atoms with Crippen LogP contribution in [-0.4, -0.2) is 25.5 Å². The normalized spacial score (nSPS) is 17.9. The average molecular weight is 422 g/mol. The maximum absolute atomic E-state index is 13.4. The quantitative estimate of drug-likeness (QED) is 0.660. The zero-order chi connectivity index (χ0) is 20.1. The predicted molar refractivity (Wildman–Crippen MR) is 113 cm³/mol. The van der Waals surface area contributed by atoms with Gasteiger partial charge in [-0.15, -0.1) is 12.4 Å². The number of nitrogens with two attached hydrogens (primary N) is 1. The molecule has 156 valence electrons. The minimum absolute atomic E-state index is 0. The molecule has 2 aromatic carbocycles. The molecule has 1 aliphatic rings. The van der Waals surface area contributed by atoms with Crippen molar-refractivity contribution < 1.29 is 18.7 Å². The van der Waals surface area contributed by atoms with Crippen LogP contribution in [0.1, 0.15) is 29.6 Å². The van der Waals surface area contributed by atoms with Gasteiger partial charge in [0.2, 0.25) is 5.91 Å². The molecule has 0 bridgehead atoms. The fourth-order valence-corrected chi connectivity index (χ4v) is 3.61. The van der Waals surface area contributed by atoms with Crippen LogP contribution in [-0.2, 0) is 4.79 Å². The lowest BCUT2D eigenvalue weighted by molar-refractivity contribution is -0.120. The number of nitrogens with one attached hydrogen (secondary N) is 2. The van der Waals surface area contributed by atoms with Gasteiger partial charge in [-0.1, -0.05) is 12.5 Å². The number of anilines is 2. The Labute approximate surface area is 175 Å². The van der Waals surface area contributed by atoms with Gasteiger partial charge in [-0.2, -0.15) is 0 Å². The molecule has 0 aromatic heterocycles. The highest BCUT2D eigenvalue weighted by atomic mass is 35.5. The molecule has 1 aliphatic carbocycles. The van der Waals surface area contributed by atoms with Crippen molar-refractivity contribution in [3.8, 4) is 5.75 Å². The maximum Gasteiger partial charge on any atom is 0.255 e. The Hall–Kier alpha value is -2.64. The number of amides is 2. The molecule has 0 radical (unpaired) electrons. The summed E-state index contributed by atoms with van der Waals surface area (Å²) < 4.78 is 18.6. The summed E-state index contributed by atoms with van der Waals surface area (Å²) in [6.45, 7) is 0.496. The van der Waals surface area contributed by atoms with Crippen molar-refractivity contribution in [3.05, 3.63) is 53.8 Å². The molecule has 29 heavy (non-hydrogen) atoms. The zero-order valence-corrected chi connectivity index (χ0v) is 16.9. The van der Waals surface area contributed by atoms with Gasteiger partial charge in [-0.25, -0.2) is 4.39 Å². The molecule has 4 N–H and O–H groups in total. The van der Waals surface area contributed by atoms with E-state index in [4.69, 9.17) is 10.5 Å². The van der Waals surface area contributed by atoms with Crippen LogP contribution in [0.5, 0.6) is 5.75 Å².